The van der Waals surface area contributed by atoms with Crippen LogP contribution >= 0.6 is 0 Å². The van der Waals surface area contributed by atoms with Gasteiger partial charge in [-0.1, -0.05) is 25.5 Å². The van der Waals surface area contributed by atoms with E-state index in [0.717, 1.165) is 17.7 Å². The summed E-state index contributed by atoms with van der Waals surface area (Å²) >= 11 is 0. The summed E-state index contributed by atoms with van der Waals surface area (Å²) in [5, 5.41) is 5.61. The summed E-state index contributed by atoms with van der Waals surface area (Å²) in [6.07, 6.45) is 1.69. The number of likely N-dealkylation sites (N-methyl/N-ethyl adjacent to an activating group) is 1. The lowest BCUT2D eigenvalue weighted by molar-refractivity contribution is -0.120. The molecule has 1 rings (SSSR count). The molecule has 1 aromatic carbocycles. The van der Waals surface area contributed by atoms with Gasteiger partial charge in [-0.25, -0.2) is 0 Å². The highest BCUT2D eigenvalue weighted by molar-refractivity contribution is 5.91. The van der Waals surface area contributed by atoms with Crippen LogP contribution in [-0.4, -0.2) is 24.9 Å². The van der Waals surface area contributed by atoms with E-state index in [0.29, 0.717) is 25.9 Å². The molecule has 2 amide bonds. The predicted octanol–water partition coefficient (Wildman–Crippen LogP) is 1.68. The number of hydrogen-bond acceptors (Lipinski definition) is 3. The Balaban J connectivity index is 2.50. The Morgan fingerprint density at radius 3 is 2.33 bits per heavy atom. The van der Waals surface area contributed by atoms with Crippen LogP contribution in [0.1, 0.15) is 32.3 Å². The molecule has 5 heteroatoms. The summed E-state index contributed by atoms with van der Waals surface area (Å²) in [5.41, 5.74) is 7.26. The molecule has 5 nitrogen and oxygen atoms in total. The molecule has 0 heterocycles. The minimum atomic E-state index is -0.0243. The maximum Gasteiger partial charge on any atom is 0.224 e. The van der Waals surface area contributed by atoms with Gasteiger partial charge in [-0.05, 0) is 37.1 Å². The lowest BCUT2D eigenvalue weighted by Gasteiger charge is -2.12. The first-order valence-corrected chi connectivity index (χ1v) is 7.44. The van der Waals surface area contributed by atoms with Crippen molar-refractivity contribution in [1.82, 2.24) is 5.32 Å². The zero-order valence-corrected chi connectivity index (χ0v) is 12.8. The summed E-state index contributed by atoms with van der Waals surface area (Å²) in [6, 6.07) is 7.34. The summed E-state index contributed by atoms with van der Waals surface area (Å²) < 4.78 is 0. The lowest BCUT2D eigenvalue weighted by Crippen LogP contribution is -2.24. The molecule has 4 N–H and O–H groups in total. The first-order valence-electron chi connectivity index (χ1n) is 7.44. The summed E-state index contributed by atoms with van der Waals surface area (Å²) in [4.78, 5) is 23.3. The van der Waals surface area contributed by atoms with E-state index in [-0.39, 0.29) is 17.7 Å². The normalized spacial score (nSPS) is 11.8. The van der Waals surface area contributed by atoms with Crippen LogP contribution in [0.3, 0.4) is 0 Å². The third-order valence-electron chi connectivity index (χ3n) is 3.36. The number of carbonyl (C=O) groups excluding carboxylic acids is 2. The Hall–Kier alpha value is -1.88. The fourth-order valence-electron chi connectivity index (χ4n) is 2.02. The number of anilines is 1. The molecule has 1 atom stereocenters. The highest BCUT2D eigenvalue weighted by Gasteiger charge is 2.10. The van der Waals surface area contributed by atoms with Crippen molar-refractivity contribution >= 4 is 17.5 Å². The van der Waals surface area contributed by atoms with E-state index in [1.165, 1.54) is 0 Å². The zero-order valence-electron chi connectivity index (χ0n) is 12.8. The van der Waals surface area contributed by atoms with Crippen LogP contribution in [0.2, 0.25) is 0 Å². The summed E-state index contributed by atoms with van der Waals surface area (Å²) in [7, 11) is 0. The summed E-state index contributed by atoms with van der Waals surface area (Å²) in [5.74, 6) is 0.203. The number of carbonyl (C=O) groups is 2. The SMILES string of the molecule is CCNC(=O)Cc1ccc(NC(=O)CC(CC)CN)cc1. The van der Waals surface area contributed by atoms with Gasteiger partial charge in [-0.2, -0.15) is 0 Å². The monoisotopic (exact) mass is 291 g/mol. The summed E-state index contributed by atoms with van der Waals surface area (Å²) in [6.45, 7) is 5.07. The van der Waals surface area contributed by atoms with Crippen molar-refractivity contribution < 1.29 is 9.59 Å². The third-order valence-corrected chi connectivity index (χ3v) is 3.36. The zero-order chi connectivity index (χ0) is 15.7. The number of amides is 2. The minimum absolute atomic E-state index is 0.00280. The molecule has 0 saturated carbocycles. The molecule has 0 spiro atoms. The molecule has 0 saturated heterocycles. The molecule has 0 fully saturated rings. The van der Waals surface area contributed by atoms with E-state index in [2.05, 4.69) is 10.6 Å². The van der Waals surface area contributed by atoms with Gasteiger partial charge < -0.3 is 16.4 Å². The second kappa shape index (κ2) is 9.13. The highest BCUT2D eigenvalue weighted by Crippen LogP contribution is 2.12. The van der Waals surface area contributed by atoms with Crippen molar-refractivity contribution in [2.45, 2.75) is 33.1 Å². The van der Waals surface area contributed by atoms with Gasteiger partial charge in [0.2, 0.25) is 11.8 Å². The first kappa shape index (κ1) is 17.2. The minimum Gasteiger partial charge on any atom is -0.356 e. The van der Waals surface area contributed by atoms with Gasteiger partial charge in [0.1, 0.15) is 0 Å². The Morgan fingerprint density at radius 1 is 1.14 bits per heavy atom. The molecule has 1 aromatic rings. The van der Waals surface area contributed by atoms with Crippen molar-refractivity contribution in [2.24, 2.45) is 11.7 Å². The Labute approximate surface area is 126 Å². The van der Waals surface area contributed by atoms with Gasteiger partial charge in [0.15, 0.2) is 0 Å². The molecule has 0 aliphatic rings. The first-order chi connectivity index (χ1) is 10.1. The van der Waals surface area contributed by atoms with Crippen LogP contribution in [-0.2, 0) is 16.0 Å². The van der Waals surface area contributed by atoms with Gasteiger partial charge in [0.05, 0.1) is 6.42 Å². The fourth-order valence-corrected chi connectivity index (χ4v) is 2.02. The molecule has 21 heavy (non-hydrogen) atoms. The van der Waals surface area contributed by atoms with Crippen LogP contribution in [0.5, 0.6) is 0 Å². The molecule has 0 aromatic heterocycles. The van der Waals surface area contributed by atoms with Crippen LogP contribution < -0.4 is 16.4 Å². The predicted molar refractivity (Wildman–Crippen MR) is 84.9 cm³/mol. The molecule has 116 valence electrons. The maximum atomic E-state index is 11.9. The van der Waals surface area contributed by atoms with E-state index in [1.807, 2.05) is 38.1 Å². The highest BCUT2D eigenvalue weighted by atomic mass is 16.2. The van der Waals surface area contributed by atoms with E-state index in [4.69, 9.17) is 5.73 Å². The number of nitrogens with one attached hydrogen (secondary N) is 2. The smallest absolute Gasteiger partial charge is 0.224 e. The van der Waals surface area contributed by atoms with E-state index < -0.39 is 0 Å². The van der Waals surface area contributed by atoms with Gasteiger partial charge in [0.25, 0.3) is 0 Å². The quantitative estimate of drug-likeness (QED) is 0.681. The fraction of sp³-hybridized carbons (Fsp3) is 0.500. The van der Waals surface area contributed by atoms with Gasteiger partial charge in [-0.15, -0.1) is 0 Å². The number of nitrogens with two attached hydrogens (primary N) is 1. The molecule has 0 bridgehead atoms. The number of benzene rings is 1. The second-order valence-electron chi connectivity index (χ2n) is 5.09. The average molecular weight is 291 g/mol. The maximum absolute atomic E-state index is 11.9. The second-order valence-corrected chi connectivity index (χ2v) is 5.09. The third kappa shape index (κ3) is 6.40. The number of rotatable bonds is 8. The van der Waals surface area contributed by atoms with Crippen LogP contribution in [0.25, 0.3) is 0 Å². The van der Waals surface area contributed by atoms with E-state index >= 15 is 0 Å². The lowest BCUT2D eigenvalue weighted by atomic mass is 10.0. The average Bonchev–Trinajstić information content (AvgIpc) is 2.47. The van der Waals surface area contributed by atoms with Crippen LogP contribution in [0.15, 0.2) is 24.3 Å². The van der Waals surface area contributed by atoms with Gasteiger partial charge in [-0.3, -0.25) is 9.59 Å². The molecule has 0 aliphatic carbocycles. The Morgan fingerprint density at radius 2 is 1.81 bits per heavy atom. The molecule has 0 aliphatic heterocycles. The van der Waals surface area contributed by atoms with Crippen molar-refractivity contribution in [2.75, 3.05) is 18.4 Å². The van der Waals surface area contributed by atoms with Crippen molar-refractivity contribution in [3.05, 3.63) is 29.8 Å². The Bertz CT molecular complexity index is 453. The standard InChI is InChI=1S/C16H25N3O2/c1-3-12(11-17)9-16(21)19-14-7-5-13(6-8-14)10-15(20)18-4-2/h5-8,12H,3-4,9-11,17H2,1-2H3,(H,18,20)(H,19,21). The van der Waals surface area contributed by atoms with Crippen LogP contribution in [0, 0.1) is 5.92 Å². The van der Waals surface area contributed by atoms with E-state index in [1.54, 1.807) is 0 Å². The van der Waals surface area contributed by atoms with Crippen molar-refractivity contribution in [1.29, 1.82) is 0 Å². The van der Waals surface area contributed by atoms with Crippen molar-refractivity contribution in [3.63, 3.8) is 0 Å². The topological polar surface area (TPSA) is 84.2 Å². The molecule has 1 unspecified atom stereocenters. The Kier molecular flexibility index (Phi) is 7.46. The molecule has 0 radical (unpaired) electrons. The van der Waals surface area contributed by atoms with Crippen LogP contribution in [0.4, 0.5) is 5.69 Å². The van der Waals surface area contributed by atoms with Crippen molar-refractivity contribution in [3.8, 4) is 0 Å². The van der Waals surface area contributed by atoms with E-state index in [9.17, 15) is 9.59 Å². The molecular formula is C16H25N3O2. The largest absolute Gasteiger partial charge is 0.356 e. The number of hydrogen-bond donors (Lipinski definition) is 3. The molecular weight excluding hydrogens is 266 g/mol. The van der Waals surface area contributed by atoms with Gasteiger partial charge >= 0.3 is 0 Å². The van der Waals surface area contributed by atoms with Gasteiger partial charge in [0, 0.05) is 18.7 Å².